The summed E-state index contributed by atoms with van der Waals surface area (Å²) in [6.07, 6.45) is 0. The monoisotopic (exact) mass is 497 g/mol. The zero-order chi connectivity index (χ0) is 24.5. The van der Waals surface area contributed by atoms with E-state index in [1.54, 1.807) is 0 Å². The van der Waals surface area contributed by atoms with Gasteiger partial charge in [0, 0.05) is 38.1 Å². The molecule has 3 heterocycles. The van der Waals surface area contributed by atoms with Crippen molar-refractivity contribution in [3.8, 4) is 22.8 Å². The molecule has 0 aliphatic carbocycles. The summed E-state index contributed by atoms with van der Waals surface area (Å²) in [4.78, 5) is 14.0. The molecular weight excluding hydrogens is 482 g/mol. The quantitative estimate of drug-likeness (QED) is 0.239. The fourth-order valence-corrected chi connectivity index (χ4v) is 5.45. The van der Waals surface area contributed by atoms with Crippen LogP contribution in [-0.4, -0.2) is 15.0 Å². The van der Waals surface area contributed by atoms with Crippen molar-refractivity contribution in [1.29, 1.82) is 0 Å². The van der Waals surface area contributed by atoms with Crippen molar-refractivity contribution >= 4 is 66.3 Å². The van der Waals surface area contributed by atoms with E-state index in [2.05, 4.69) is 34.2 Å². The minimum atomic E-state index is 0.125. The molecule has 8 rings (SSSR count). The summed E-state index contributed by atoms with van der Waals surface area (Å²) in [5.41, 5.74) is 4.86. The van der Waals surface area contributed by atoms with Crippen LogP contribution in [0.4, 0.5) is 0 Å². The molecule has 0 unspecified atom stereocenters. The van der Waals surface area contributed by atoms with E-state index in [9.17, 15) is 0 Å². The van der Waals surface area contributed by atoms with Gasteiger partial charge in [-0.05, 0) is 41.3 Å². The molecule has 8 aromatic rings. The van der Waals surface area contributed by atoms with Gasteiger partial charge >= 0.3 is 0 Å². The molecule has 5 nitrogen and oxygen atoms in total. The van der Waals surface area contributed by atoms with Crippen molar-refractivity contribution in [3.63, 3.8) is 0 Å². The third kappa shape index (κ3) is 3.01. The standard InChI is InChI=1S/C31H16ClN3O2/c32-31-34-29(21-10-5-13-24-26(21)19-9-3-4-12-23(19)36-24)33-30(35-31)22-11-6-14-25-27(22)20-16-15-17-7-1-2-8-18(17)28(20)37-25/h1-16H. The van der Waals surface area contributed by atoms with Crippen molar-refractivity contribution in [1.82, 2.24) is 15.0 Å². The Bertz CT molecular complexity index is 2180. The molecular formula is C31H16ClN3O2. The molecule has 174 valence electrons. The Morgan fingerprint density at radius 2 is 1.11 bits per heavy atom. The van der Waals surface area contributed by atoms with Gasteiger partial charge in [0.1, 0.15) is 22.3 Å². The van der Waals surface area contributed by atoms with Crippen LogP contribution in [0.5, 0.6) is 0 Å². The van der Waals surface area contributed by atoms with E-state index >= 15 is 0 Å². The van der Waals surface area contributed by atoms with Gasteiger partial charge < -0.3 is 8.83 Å². The highest BCUT2D eigenvalue weighted by molar-refractivity contribution is 6.28. The van der Waals surface area contributed by atoms with Crippen molar-refractivity contribution < 1.29 is 8.83 Å². The number of hydrogen-bond acceptors (Lipinski definition) is 5. The van der Waals surface area contributed by atoms with E-state index in [1.807, 2.05) is 72.8 Å². The second-order valence-electron chi connectivity index (χ2n) is 8.97. The molecule has 0 aliphatic rings. The minimum Gasteiger partial charge on any atom is -0.456 e. The van der Waals surface area contributed by atoms with E-state index in [0.29, 0.717) is 11.6 Å². The van der Waals surface area contributed by atoms with Crippen LogP contribution in [-0.2, 0) is 0 Å². The topological polar surface area (TPSA) is 65.0 Å². The highest BCUT2D eigenvalue weighted by Gasteiger charge is 2.19. The average Bonchev–Trinajstić information content (AvgIpc) is 3.51. The first-order chi connectivity index (χ1) is 18.2. The SMILES string of the molecule is Clc1nc(-c2cccc3oc4ccccc4c23)nc(-c2cccc3oc4c5ccccc5ccc4c23)n1. The van der Waals surface area contributed by atoms with Gasteiger partial charge in [0.15, 0.2) is 11.6 Å². The Kier molecular flexibility index (Phi) is 4.22. The van der Waals surface area contributed by atoms with Gasteiger partial charge in [-0.1, -0.05) is 72.8 Å². The zero-order valence-electron chi connectivity index (χ0n) is 19.3. The maximum atomic E-state index is 6.51. The fourth-order valence-electron chi connectivity index (χ4n) is 5.29. The van der Waals surface area contributed by atoms with Crippen molar-refractivity contribution in [2.45, 2.75) is 0 Å². The van der Waals surface area contributed by atoms with Gasteiger partial charge in [-0.25, -0.2) is 4.98 Å². The van der Waals surface area contributed by atoms with Crippen LogP contribution in [0.1, 0.15) is 0 Å². The lowest BCUT2D eigenvalue weighted by molar-refractivity contribution is 0.669. The summed E-state index contributed by atoms with van der Waals surface area (Å²) in [7, 11) is 0. The minimum absolute atomic E-state index is 0.125. The van der Waals surface area contributed by atoms with Crippen LogP contribution in [0.25, 0.3) is 77.4 Å². The number of hydrogen-bond donors (Lipinski definition) is 0. The van der Waals surface area contributed by atoms with Crippen molar-refractivity contribution in [2.75, 3.05) is 0 Å². The molecule has 0 bridgehead atoms. The van der Waals surface area contributed by atoms with Crippen LogP contribution in [0.3, 0.4) is 0 Å². The Labute approximate surface area is 215 Å². The van der Waals surface area contributed by atoms with E-state index in [0.717, 1.165) is 65.8 Å². The predicted molar refractivity (Wildman–Crippen MR) is 148 cm³/mol. The fraction of sp³-hybridized carbons (Fsp3) is 0. The summed E-state index contributed by atoms with van der Waals surface area (Å²) in [5, 5.41) is 6.22. The number of para-hydroxylation sites is 1. The predicted octanol–water partition coefficient (Wildman–Crippen LogP) is 8.81. The summed E-state index contributed by atoms with van der Waals surface area (Å²) in [6, 6.07) is 32.1. The highest BCUT2D eigenvalue weighted by atomic mass is 35.5. The maximum Gasteiger partial charge on any atom is 0.226 e. The largest absolute Gasteiger partial charge is 0.456 e. The summed E-state index contributed by atoms with van der Waals surface area (Å²) >= 11 is 6.51. The molecule has 0 saturated heterocycles. The van der Waals surface area contributed by atoms with Gasteiger partial charge in [0.25, 0.3) is 0 Å². The normalized spacial score (nSPS) is 11.9. The highest BCUT2D eigenvalue weighted by Crippen LogP contribution is 2.40. The Balaban J connectivity index is 1.41. The van der Waals surface area contributed by atoms with Crippen LogP contribution in [0, 0.1) is 0 Å². The Hall–Kier alpha value is -4.74. The number of halogens is 1. The zero-order valence-corrected chi connectivity index (χ0v) is 20.0. The molecule has 37 heavy (non-hydrogen) atoms. The average molecular weight is 498 g/mol. The van der Waals surface area contributed by atoms with Crippen molar-refractivity contribution in [3.05, 3.63) is 102 Å². The molecule has 0 saturated carbocycles. The molecule has 6 heteroatoms. The molecule has 0 aliphatic heterocycles. The second-order valence-corrected chi connectivity index (χ2v) is 9.31. The molecule has 0 amide bonds. The molecule has 0 spiro atoms. The van der Waals surface area contributed by atoms with E-state index in [1.165, 1.54) is 0 Å². The number of nitrogens with zero attached hydrogens (tertiary/aromatic N) is 3. The molecule has 0 fully saturated rings. The van der Waals surface area contributed by atoms with Crippen LogP contribution in [0.15, 0.2) is 106 Å². The Morgan fingerprint density at radius 1 is 0.486 bits per heavy atom. The third-order valence-corrected chi connectivity index (χ3v) is 7.05. The number of fused-ring (bicyclic) bond motifs is 8. The van der Waals surface area contributed by atoms with Crippen LogP contribution < -0.4 is 0 Å². The number of rotatable bonds is 2. The molecule has 3 aromatic heterocycles. The Morgan fingerprint density at radius 3 is 1.89 bits per heavy atom. The first-order valence-corrected chi connectivity index (χ1v) is 12.3. The molecule has 0 radical (unpaired) electrons. The summed E-state index contributed by atoms with van der Waals surface area (Å²) in [5.74, 6) is 0.976. The molecule has 0 N–H and O–H groups in total. The van der Waals surface area contributed by atoms with Crippen LogP contribution >= 0.6 is 11.6 Å². The van der Waals surface area contributed by atoms with Gasteiger partial charge in [-0.2, -0.15) is 9.97 Å². The van der Waals surface area contributed by atoms with Gasteiger partial charge in [0.2, 0.25) is 5.28 Å². The smallest absolute Gasteiger partial charge is 0.226 e. The van der Waals surface area contributed by atoms with Crippen molar-refractivity contribution in [2.24, 2.45) is 0 Å². The van der Waals surface area contributed by atoms with Gasteiger partial charge in [0.05, 0.1) is 0 Å². The number of furan rings is 2. The van der Waals surface area contributed by atoms with E-state index < -0.39 is 0 Å². The van der Waals surface area contributed by atoms with Crippen LogP contribution in [0.2, 0.25) is 5.28 Å². The summed E-state index contributed by atoms with van der Waals surface area (Å²) in [6.45, 7) is 0. The lowest BCUT2D eigenvalue weighted by Gasteiger charge is -2.07. The van der Waals surface area contributed by atoms with Gasteiger partial charge in [-0.3, -0.25) is 0 Å². The molecule has 0 atom stereocenters. The lowest BCUT2D eigenvalue weighted by Crippen LogP contribution is -1.98. The van der Waals surface area contributed by atoms with E-state index in [4.69, 9.17) is 25.4 Å². The third-order valence-electron chi connectivity index (χ3n) is 6.88. The number of aromatic nitrogens is 3. The first-order valence-electron chi connectivity index (χ1n) is 11.9. The van der Waals surface area contributed by atoms with E-state index in [-0.39, 0.29) is 5.28 Å². The number of benzene rings is 5. The maximum absolute atomic E-state index is 6.51. The summed E-state index contributed by atoms with van der Waals surface area (Å²) < 4.78 is 12.4. The van der Waals surface area contributed by atoms with Gasteiger partial charge in [-0.15, -0.1) is 0 Å². The lowest BCUT2D eigenvalue weighted by atomic mass is 10.0. The first kappa shape index (κ1) is 20.5. The second kappa shape index (κ2) is 7.63. The molecule has 5 aromatic carbocycles.